The van der Waals surface area contributed by atoms with E-state index < -0.39 is 0 Å². The van der Waals surface area contributed by atoms with Crippen molar-refractivity contribution >= 4 is 28.9 Å². The molecule has 0 amide bonds. The van der Waals surface area contributed by atoms with Crippen LogP contribution in [-0.4, -0.2) is 36.1 Å². The molecule has 0 unspecified atom stereocenters. The summed E-state index contributed by atoms with van der Waals surface area (Å²) in [7, 11) is 0. The molecule has 1 fully saturated rings. The molecule has 1 N–H and O–H groups in total. The molecule has 28 heavy (non-hydrogen) atoms. The quantitative estimate of drug-likeness (QED) is 0.698. The van der Waals surface area contributed by atoms with Crippen molar-refractivity contribution in [1.82, 2.24) is 9.97 Å². The molecule has 1 aromatic heterocycles. The predicted molar refractivity (Wildman–Crippen MR) is 112 cm³/mol. The number of aromatic nitrogens is 2. The van der Waals surface area contributed by atoms with E-state index in [1.807, 2.05) is 42.5 Å². The first-order valence-electron chi connectivity index (χ1n) is 9.24. The summed E-state index contributed by atoms with van der Waals surface area (Å²) in [5.74, 6) is 1.44. The van der Waals surface area contributed by atoms with E-state index in [4.69, 9.17) is 11.6 Å². The fraction of sp³-hybridized carbons (Fsp3) is 0.238. The van der Waals surface area contributed by atoms with Gasteiger partial charge >= 0.3 is 0 Å². The van der Waals surface area contributed by atoms with Gasteiger partial charge in [0, 0.05) is 43.8 Å². The fourth-order valence-electron chi connectivity index (χ4n) is 3.33. The van der Waals surface area contributed by atoms with Crippen LogP contribution in [0.15, 0.2) is 60.9 Å². The van der Waals surface area contributed by atoms with Crippen LogP contribution in [0, 0.1) is 5.82 Å². The number of nitrogens with one attached hydrogen (secondary N) is 1. The Morgan fingerprint density at radius 3 is 2.43 bits per heavy atom. The third-order valence-corrected chi connectivity index (χ3v) is 5.24. The lowest BCUT2D eigenvalue weighted by atomic mass is 10.2. The lowest BCUT2D eigenvalue weighted by molar-refractivity contribution is 0.596. The molecule has 3 aromatic rings. The van der Waals surface area contributed by atoms with Crippen molar-refractivity contribution in [2.45, 2.75) is 6.54 Å². The SMILES string of the molecule is Fc1ccccc1N1CCN(c2cc(NCc3ccccc3Cl)ncn2)CC1. The van der Waals surface area contributed by atoms with Gasteiger partial charge in [-0.15, -0.1) is 0 Å². The Bertz CT molecular complexity index is 943. The predicted octanol–water partition coefficient (Wildman–Crippen LogP) is 4.21. The van der Waals surface area contributed by atoms with E-state index in [1.54, 1.807) is 12.4 Å². The lowest BCUT2D eigenvalue weighted by Crippen LogP contribution is -2.47. The van der Waals surface area contributed by atoms with E-state index >= 15 is 0 Å². The Morgan fingerprint density at radius 2 is 1.64 bits per heavy atom. The normalized spacial score (nSPS) is 14.2. The van der Waals surface area contributed by atoms with Crippen molar-refractivity contribution < 1.29 is 4.39 Å². The first-order chi connectivity index (χ1) is 13.7. The summed E-state index contributed by atoms with van der Waals surface area (Å²) in [6.45, 7) is 3.63. The van der Waals surface area contributed by atoms with Gasteiger partial charge in [-0.1, -0.05) is 41.9 Å². The standard InChI is InChI=1S/C21H21ClFN5/c22-17-6-2-1-5-16(17)14-24-20-13-21(26-15-25-20)28-11-9-27(10-12-28)19-8-4-3-7-18(19)23/h1-8,13,15H,9-12,14H2,(H,24,25,26). The number of halogens is 2. The molecule has 0 radical (unpaired) electrons. The van der Waals surface area contributed by atoms with Crippen molar-refractivity contribution in [3.05, 3.63) is 77.3 Å². The Balaban J connectivity index is 1.39. The van der Waals surface area contributed by atoms with Crippen LogP contribution in [0.1, 0.15) is 5.56 Å². The molecule has 1 aliphatic rings. The van der Waals surface area contributed by atoms with Gasteiger partial charge in [-0.05, 0) is 23.8 Å². The number of anilines is 3. The van der Waals surface area contributed by atoms with Gasteiger partial charge in [0.25, 0.3) is 0 Å². The summed E-state index contributed by atoms with van der Waals surface area (Å²) in [6.07, 6.45) is 1.56. The smallest absolute Gasteiger partial charge is 0.146 e. The summed E-state index contributed by atoms with van der Waals surface area (Å²) in [4.78, 5) is 13.0. The fourth-order valence-corrected chi connectivity index (χ4v) is 3.53. The van der Waals surface area contributed by atoms with Gasteiger partial charge in [-0.25, -0.2) is 14.4 Å². The third-order valence-electron chi connectivity index (χ3n) is 4.87. The number of piperazine rings is 1. The van der Waals surface area contributed by atoms with E-state index in [9.17, 15) is 4.39 Å². The van der Waals surface area contributed by atoms with E-state index in [0.717, 1.165) is 48.4 Å². The largest absolute Gasteiger partial charge is 0.366 e. The van der Waals surface area contributed by atoms with Crippen LogP contribution in [-0.2, 0) is 6.54 Å². The van der Waals surface area contributed by atoms with Crippen LogP contribution in [0.4, 0.5) is 21.7 Å². The van der Waals surface area contributed by atoms with Crippen LogP contribution in [0.25, 0.3) is 0 Å². The second-order valence-electron chi connectivity index (χ2n) is 6.63. The molecule has 0 saturated carbocycles. The van der Waals surface area contributed by atoms with Gasteiger partial charge in [-0.3, -0.25) is 0 Å². The maximum Gasteiger partial charge on any atom is 0.146 e. The van der Waals surface area contributed by atoms with Crippen molar-refractivity contribution in [2.24, 2.45) is 0 Å². The van der Waals surface area contributed by atoms with Gasteiger partial charge in [0.15, 0.2) is 0 Å². The number of para-hydroxylation sites is 1. The highest BCUT2D eigenvalue weighted by molar-refractivity contribution is 6.31. The zero-order valence-electron chi connectivity index (χ0n) is 15.4. The van der Waals surface area contributed by atoms with E-state index in [-0.39, 0.29) is 5.82 Å². The maximum absolute atomic E-state index is 14.0. The minimum absolute atomic E-state index is 0.177. The van der Waals surface area contributed by atoms with Gasteiger partial charge in [0.05, 0.1) is 5.69 Å². The number of hydrogen-bond donors (Lipinski definition) is 1. The number of rotatable bonds is 5. The van der Waals surface area contributed by atoms with Gasteiger partial charge in [-0.2, -0.15) is 0 Å². The Kier molecular flexibility index (Phi) is 5.58. The molecule has 0 atom stereocenters. The maximum atomic E-state index is 14.0. The second kappa shape index (κ2) is 8.44. The molecule has 1 aliphatic heterocycles. The molecule has 5 nitrogen and oxygen atoms in total. The Labute approximate surface area is 168 Å². The average Bonchev–Trinajstić information content (AvgIpc) is 2.74. The average molecular weight is 398 g/mol. The number of nitrogens with zero attached hydrogens (tertiary/aromatic N) is 4. The molecule has 0 aliphatic carbocycles. The van der Waals surface area contributed by atoms with Crippen molar-refractivity contribution in [3.8, 4) is 0 Å². The van der Waals surface area contributed by atoms with E-state index in [0.29, 0.717) is 12.2 Å². The summed E-state index contributed by atoms with van der Waals surface area (Å²) in [5.41, 5.74) is 1.68. The Morgan fingerprint density at radius 1 is 0.929 bits per heavy atom. The van der Waals surface area contributed by atoms with Crippen LogP contribution in [0.2, 0.25) is 5.02 Å². The van der Waals surface area contributed by atoms with Crippen LogP contribution < -0.4 is 15.1 Å². The third kappa shape index (κ3) is 4.17. The first-order valence-corrected chi connectivity index (χ1v) is 9.62. The van der Waals surface area contributed by atoms with Crippen molar-refractivity contribution in [1.29, 1.82) is 0 Å². The lowest BCUT2D eigenvalue weighted by Gasteiger charge is -2.36. The summed E-state index contributed by atoms with van der Waals surface area (Å²) >= 11 is 6.21. The summed E-state index contributed by atoms with van der Waals surface area (Å²) in [6, 6.07) is 16.6. The van der Waals surface area contributed by atoms with Gasteiger partial charge < -0.3 is 15.1 Å². The van der Waals surface area contributed by atoms with Gasteiger partial charge in [0.2, 0.25) is 0 Å². The van der Waals surface area contributed by atoms with Crippen molar-refractivity contribution in [2.75, 3.05) is 41.3 Å². The molecular weight excluding hydrogens is 377 g/mol. The van der Waals surface area contributed by atoms with Crippen LogP contribution in [0.3, 0.4) is 0 Å². The number of benzene rings is 2. The number of hydrogen-bond acceptors (Lipinski definition) is 5. The minimum Gasteiger partial charge on any atom is -0.366 e. The summed E-state index contributed by atoms with van der Waals surface area (Å²) < 4.78 is 14.0. The first kappa shape index (κ1) is 18.5. The van der Waals surface area contributed by atoms with E-state index in [2.05, 4.69) is 25.1 Å². The highest BCUT2D eigenvalue weighted by Gasteiger charge is 2.20. The molecule has 0 spiro atoms. The topological polar surface area (TPSA) is 44.3 Å². The van der Waals surface area contributed by atoms with Crippen molar-refractivity contribution in [3.63, 3.8) is 0 Å². The highest BCUT2D eigenvalue weighted by atomic mass is 35.5. The zero-order chi connectivity index (χ0) is 19.3. The molecule has 2 heterocycles. The zero-order valence-corrected chi connectivity index (χ0v) is 16.1. The Hall–Kier alpha value is -2.86. The highest BCUT2D eigenvalue weighted by Crippen LogP contribution is 2.23. The molecule has 0 bridgehead atoms. The summed E-state index contributed by atoms with van der Waals surface area (Å²) in [5, 5.41) is 4.03. The molecule has 1 saturated heterocycles. The minimum atomic E-state index is -0.177. The van der Waals surface area contributed by atoms with Crippen LogP contribution >= 0.6 is 11.6 Å². The molecule has 4 rings (SSSR count). The molecule has 144 valence electrons. The molecule has 2 aromatic carbocycles. The molecular formula is C21H21ClFN5. The monoisotopic (exact) mass is 397 g/mol. The van der Waals surface area contributed by atoms with E-state index in [1.165, 1.54) is 6.07 Å². The van der Waals surface area contributed by atoms with Gasteiger partial charge in [0.1, 0.15) is 23.8 Å². The van der Waals surface area contributed by atoms with Crippen LogP contribution in [0.5, 0.6) is 0 Å². The second-order valence-corrected chi connectivity index (χ2v) is 7.04. The molecule has 7 heteroatoms.